The molecule has 0 aliphatic rings. The van der Waals surface area contributed by atoms with Gasteiger partial charge in [0.05, 0.1) is 10.6 Å². The van der Waals surface area contributed by atoms with Gasteiger partial charge in [-0.15, -0.1) is 0 Å². The molecule has 0 spiro atoms. The first-order valence-corrected chi connectivity index (χ1v) is 16.5. The van der Waals surface area contributed by atoms with Gasteiger partial charge in [-0.05, 0) is 66.9 Å². The predicted molar refractivity (Wildman–Crippen MR) is 176 cm³/mol. The molecule has 10 heteroatoms. The lowest BCUT2D eigenvalue weighted by Crippen LogP contribution is -2.54. The van der Waals surface area contributed by atoms with Crippen LogP contribution >= 0.6 is 23.2 Å². The third kappa shape index (κ3) is 8.62. The van der Waals surface area contributed by atoms with Crippen molar-refractivity contribution in [3.8, 4) is 0 Å². The molecule has 7 nitrogen and oxygen atoms in total. The van der Waals surface area contributed by atoms with Gasteiger partial charge in [0, 0.05) is 29.1 Å². The summed E-state index contributed by atoms with van der Waals surface area (Å²) in [5.74, 6) is -0.867. The van der Waals surface area contributed by atoms with E-state index in [1.165, 1.54) is 35.2 Å². The number of hydrogen-bond donors (Lipinski definition) is 1. The molecular weight excluding hydrogens is 617 g/mol. The van der Waals surface area contributed by atoms with Crippen LogP contribution in [0.3, 0.4) is 0 Å². The average Bonchev–Trinajstić information content (AvgIpc) is 3.02. The summed E-state index contributed by atoms with van der Waals surface area (Å²) in [5, 5.41) is 3.71. The third-order valence-corrected chi connectivity index (χ3v) is 9.52. The van der Waals surface area contributed by atoms with Gasteiger partial charge >= 0.3 is 0 Å². The molecule has 0 aliphatic carbocycles. The molecule has 230 valence electrons. The zero-order valence-corrected chi connectivity index (χ0v) is 26.9. The second-order valence-electron chi connectivity index (χ2n) is 10.5. The number of amides is 2. The first-order valence-electron chi connectivity index (χ1n) is 14.3. The van der Waals surface area contributed by atoms with Crippen LogP contribution in [0, 0.1) is 0 Å². The van der Waals surface area contributed by atoms with Gasteiger partial charge in [-0.3, -0.25) is 13.9 Å². The molecule has 0 fully saturated rings. The maximum absolute atomic E-state index is 14.4. The number of benzene rings is 4. The molecular formula is C34H35Cl2N3O4S. The summed E-state index contributed by atoms with van der Waals surface area (Å²) >= 11 is 12.3. The quantitative estimate of drug-likeness (QED) is 0.173. The number of halogens is 2. The van der Waals surface area contributed by atoms with Crippen LogP contribution in [-0.4, -0.2) is 43.8 Å². The van der Waals surface area contributed by atoms with Crippen molar-refractivity contribution in [1.29, 1.82) is 0 Å². The minimum absolute atomic E-state index is 0.0420. The molecule has 2 amide bonds. The van der Waals surface area contributed by atoms with Crippen molar-refractivity contribution in [1.82, 2.24) is 10.2 Å². The Hall–Kier alpha value is -3.85. The lowest BCUT2D eigenvalue weighted by Gasteiger charge is -2.34. The number of nitrogens with zero attached hydrogens (tertiary/aromatic N) is 2. The SMILES string of the molecule is CC[C@H](C)NC(=O)[C@H](Cc1ccccc1)N(Cc1ccccc1)C(=O)CN(c1cccc(Cl)c1)S(=O)(=O)c1ccc(Cl)cc1. The first-order chi connectivity index (χ1) is 21.1. The molecule has 2 atom stereocenters. The van der Waals surface area contributed by atoms with Crippen LogP contribution in [0.2, 0.25) is 10.0 Å². The molecule has 4 aromatic carbocycles. The fraction of sp³-hybridized carbons (Fsp3) is 0.235. The maximum atomic E-state index is 14.4. The van der Waals surface area contributed by atoms with E-state index in [2.05, 4.69) is 5.32 Å². The molecule has 0 aromatic heterocycles. The number of nitrogens with one attached hydrogen (secondary N) is 1. The molecule has 1 N–H and O–H groups in total. The smallest absolute Gasteiger partial charge is 0.264 e. The van der Waals surface area contributed by atoms with E-state index in [9.17, 15) is 18.0 Å². The van der Waals surface area contributed by atoms with E-state index in [1.54, 1.807) is 18.2 Å². The molecule has 0 radical (unpaired) electrons. The molecule has 0 bridgehead atoms. The monoisotopic (exact) mass is 651 g/mol. The zero-order valence-electron chi connectivity index (χ0n) is 24.6. The number of anilines is 1. The highest BCUT2D eigenvalue weighted by molar-refractivity contribution is 7.92. The Kier molecular flexibility index (Phi) is 11.4. The highest BCUT2D eigenvalue weighted by Gasteiger charge is 2.35. The molecule has 4 rings (SSSR count). The molecule has 0 saturated carbocycles. The van der Waals surface area contributed by atoms with Gasteiger partial charge in [-0.2, -0.15) is 0 Å². The molecule has 0 unspecified atom stereocenters. The van der Waals surface area contributed by atoms with Crippen molar-refractivity contribution in [2.24, 2.45) is 0 Å². The first kappa shape index (κ1) is 33.1. The Labute approximate surface area is 269 Å². The Morgan fingerprint density at radius 3 is 2.00 bits per heavy atom. The summed E-state index contributed by atoms with van der Waals surface area (Å²) in [6.45, 7) is 3.39. The second-order valence-corrected chi connectivity index (χ2v) is 13.2. The van der Waals surface area contributed by atoms with Crippen LogP contribution in [-0.2, 0) is 32.6 Å². The summed E-state index contributed by atoms with van der Waals surface area (Å²) < 4.78 is 29.1. The summed E-state index contributed by atoms with van der Waals surface area (Å²) in [5.41, 5.74) is 1.87. The number of carbonyl (C=O) groups excluding carboxylic acids is 2. The van der Waals surface area contributed by atoms with Crippen molar-refractivity contribution < 1.29 is 18.0 Å². The Morgan fingerprint density at radius 1 is 0.795 bits per heavy atom. The fourth-order valence-electron chi connectivity index (χ4n) is 4.67. The summed E-state index contributed by atoms with van der Waals surface area (Å²) in [6.07, 6.45) is 0.946. The summed E-state index contributed by atoms with van der Waals surface area (Å²) in [7, 11) is -4.25. The standard InChI is InChI=1S/C34H35Cl2N3O4S/c1-3-25(2)37-34(41)32(21-26-11-6-4-7-12-26)38(23-27-13-8-5-9-14-27)33(40)24-39(30-16-10-15-29(36)22-30)44(42,43)31-19-17-28(35)18-20-31/h4-20,22,25,32H,3,21,23-24H2,1-2H3,(H,37,41)/t25-,32-/m0/s1. The van der Waals surface area contributed by atoms with Gasteiger partial charge in [0.25, 0.3) is 10.0 Å². The number of carbonyl (C=O) groups is 2. The minimum atomic E-state index is -4.25. The Balaban J connectivity index is 1.79. The van der Waals surface area contributed by atoms with Crippen molar-refractivity contribution >= 4 is 50.7 Å². The van der Waals surface area contributed by atoms with E-state index in [4.69, 9.17) is 23.2 Å². The highest BCUT2D eigenvalue weighted by atomic mass is 35.5. The van der Waals surface area contributed by atoms with Crippen LogP contribution in [0.4, 0.5) is 5.69 Å². The van der Waals surface area contributed by atoms with E-state index >= 15 is 0 Å². The van der Waals surface area contributed by atoms with E-state index in [0.29, 0.717) is 16.5 Å². The topological polar surface area (TPSA) is 86.8 Å². The van der Waals surface area contributed by atoms with Gasteiger partial charge in [0.15, 0.2) is 0 Å². The lowest BCUT2D eigenvalue weighted by molar-refractivity contribution is -0.140. The van der Waals surface area contributed by atoms with Crippen LogP contribution < -0.4 is 9.62 Å². The highest BCUT2D eigenvalue weighted by Crippen LogP contribution is 2.28. The van der Waals surface area contributed by atoms with Gasteiger partial charge in [-0.25, -0.2) is 8.42 Å². The van der Waals surface area contributed by atoms with Crippen LogP contribution in [0.15, 0.2) is 114 Å². The summed E-state index contributed by atoms with van der Waals surface area (Å²) in [4.78, 5) is 29.7. The van der Waals surface area contributed by atoms with Crippen molar-refractivity contribution in [2.45, 2.75) is 50.2 Å². The van der Waals surface area contributed by atoms with Crippen LogP contribution in [0.25, 0.3) is 0 Å². The Bertz CT molecular complexity index is 1650. The summed E-state index contributed by atoms with van der Waals surface area (Å²) in [6, 6.07) is 29.7. The van der Waals surface area contributed by atoms with Gasteiger partial charge in [0.2, 0.25) is 11.8 Å². The second kappa shape index (κ2) is 15.2. The van der Waals surface area contributed by atoms with E-state index in [0.717, 1.165) is 15.4 Å². The largest absolute Gasteiger partial charge is 0.352 e. The number of rotatable bonds is 13. The number of hydrogen-bond acceptors (Lipinski definition) is 4. The van der Waals surface area contributed by atoms with Crippen molar-refractivity contribution in [2.75, 3.05) is 10.8 Å². The molecule has 0 saturated heterocycles. The lowest BCUT2D eigenvalue weighted by atomic mass is 10.0. The van der Waals surface area contributed by atoms with Crippen molar-refractivity contribution in [3.63, 3.8) is 0 Å². The third-order valence-electron chi connectivity index (χ3n) is 7.24. The Morgan fingerprint density at radius 2 is 1.41 bits per heavy atom. The van der Waals surface area contributed by atoms with E-state index in [1.807, 2.05) is 74.5 Å². The maximum Gasteiger partial charge on any atom is 0.264 e. The average molecular weight is 653 g/mol. The van der Waals surface area contributed by atoms with Gasteiger partial charge in [-0.1, -0.05) is 96.9 Å². The zero-order chi connectivity index (χ0) is 31.7. The molecule has 0 heterocycles. The van der Waals surface area contributed by atoms with Crippen LogP contribution in [0.1, 0.15) is 31.4 Å². The predicted octanol–water partition coefficient (Wildman–Crippen LogP) is 6.74. The van der Waals surface area contributed by atoms with E-state index in [-0.39, 0.29) is 35.5 Å². The van der Waals surface area contributed by atoms with E-state index < -0.39 is 28.5 Å². The molecule has 44 heavy (non-hydrogen) atoms. The van der Waals surface area contributed by atoms with Gasteiger partial charge in [0.1, 0.15) is 12.6 Å². The van der Waals surface area contributed by atoms with Crippen LogP contribution in [0.5, 0.6) is 0 Å². The normalized spacial score (nSPS) is 12.6. The number of sulfonamides is 1. The fourth-order valence-corrected chi connectivity index (χ4v) is 6.39. The molecule has 0 aliphatic heterocycles. The molecule has 4 aromatic rings. The minimum Gasteiger partial charge on any atom is -0.352 e. The van der Waals surface area contributed by atoms with Gasteiger partial charge < -0.3 is 10.2 Å². The van der Waals surface area contributed by atoms with Crippen molar-refractivity contribution in [3.05, 3.63) is 130 Å².